The monoisotopic (exact) mass is 426 g/mol. The maximum Gasteiger partial charge on any atom is 0.191 e. The van der Waals surface area contributed by atoms with E-state index in [2.05, 4.69) is 35.5 Å². The van der Waals surface area contributed by atoms with Crippen molar-refractivity contribution in [1.29, 1.82) is 5.26 Å². The van der Waals surface area contributed by atoms with E-state index in [0.29, 0.717) is 18.2 Å². The van der Waals surface area contributed by atoms with Crippen LogP contribution in [0.15, 0.2) is 29.3 Å². The summed E-state index contributed by atoms with van der Waals surface area (Å²) in [5.74, 6) is 1.67. The van der Waals surface area contributed by atoms with Crippen LogP contribution in [0.4, 0.5) is 0 Å². The van der Waals surface area contributed by atoms with E-state index in [0.717, 1.165) is 24.0 Å². The van der Waals surface area contributed by atoms with Gasteiger partial charge >= 0.3 is 0 Å². The average Bonchev–Trinajstić information content (AvgIpc) is 2.53. The number of guanidine groups is 1. The molecule has 1 aromatic rings. The molecule has 2 rings (SSSR count). The lowest BCUT2D eigenvalue weighted by Gasteiger charge is -2.28. The molecule has 0 saturated heterocycles. The van der Waals surface area contributed by atoms with Crippen LogP contribution in [0.25, 0.3) is 0 Å². The van der Waals surface area contributed by atoms with Gasteiger partial charge in [-0.2, -0.15) is 5.26 Å². The van der Waals surface area contributed by atoms with Crippen LogP contribution in [-0.4, -0.2) is 18.5 Å². The molecule has 0 spiro atoms. The van der Waals surface area contributed by atoms with Gasteiger partial charge in [-0.1, -0.05) is 31.9 Å². The summed E-state index contributed by atoms with van der Waals surface area (Å²) in [5, 5.41) is 15.8. The van der Waals surface area contributed by atoms with Crippen LogP contribution in [0.1, 0.15) is 50.7 Å². The fraction of sp³-hybridized carbons (Fsp3) is 0.556. The van der Waals surface area contributed by atoms with E-state index in [-0.39, 0.29) is 24.0 Å². The van der Waals surface area contributed by atoms with Crippen LogP contribution in [-0.2, 0) is 6.54 Å². The van der Waals surface area contributed by atoms with Crippen molar-refractivity contribution in [2.45, 2.75) is 52.1 Å². The molecule has 5 heteroatoms. The van der Waals surface area contributed by atoms with Crippen LogP contribution in [0.3, 0.4) is 0 Å². The highest BCUT2D eigenvalue weighted by Crippen LogP contribution is 2.23. The smallest absolute Gasteiger partial charge is 0.191 e. The number of benzene rings is 1. The third-order valence-electron chi connectivity index (χ3n) is 4.10. The molecule has 126 valence electrons. The van der Waals surface area contributed by atoms with Gasteiger partial charge in [0.15, 0.2) is 5.96 Å². The van der Waals surface area contributed by atoms with Gasteiger partial charge in [-0.3, -0.25) is 0 Å². The number of nitriles is 1. The van der Waals surface area contributed by atoms with Crippen molar-refractivity contribution in [1.82, 2.24) is 10.6 Å². The minimum absolute atomic E-state index is 0. The molecule has 1 aliphatic rings. The zero-order chi connectivity index (χ0) is 15.8. The Labute approximate surface area is 156 Å². The van der Waals surface area contributed by atoms with Gasteiger partial charge in [0.05, 0.1) is 18.2 Å². The van der Waals surface area contributed by atoms with Crippen molar-refractivity contribution in [3.8, 4) is 6.07 Å². The van der Waals surface area contributed by atoms with Crippen LogP contribution in [0.5, 0.6) is 0 Å². The fourth-order valence-corrected chi connectivity index (χ4v) is 2.99. The third kappa shape index (κ3) is 6.78. The second-order valence-corrected chi connectivity index (χ2v) is 6.12. The third-order valence-corrected chi connectivity index (χ3v) is 4.10. The maximum atomic E-state index is 8.95. The zero-order valence-corrected chi connectivity index (χ0v) is 16.3. The highest BCUT2D eigenvalue weighted by molar-refractivity contribution is 14.0. The summed E-state index contributed by atoms with van der Waals surface area (Å²) in [6.07, 6.45) is 5.07. The van der Waals surface area contributed by atoms with Crippen molar-refractivity contribution in [2.75, 3.05) is 6.54 Å². The van der Waals surface area contributed by atoms with E-state index >= 15 is 0 Å². The Morgan fingerprint density at radius 3 is 2.91 bits per heavy atom. The van der Waals surface area contributed by atoms with Gasteiger partial charge in [-0.15, -0.1) is 24.0 Å². The molecule has 4 nitrogen and oxygen atoms in total. The Kier molecular flexibility index (Phi) is 9.00. The molecule has 1 saturated carbocycles. The highest BCUT2D eigenvalue weighted by Gasteiger charge is 2.19. The molecule has 1 fully saturated rings. The van der Waals surface area contributed by atoms with Gasteiger partial charge in [-0.25, -0.2) is 4.99 Å². The first-order valence-electron chi connectivity index (χ1n) is 8.25. The van der Waals surface area contributed by atoms with Gasteiger partial charge in [0.2, 0.25) is 0 Å². The molecule has 0 aliphatic heterocycles. The average molecular weight is 426 g/mol. The topological polar surface area (TPSA) is 60.2 Å². The normalized spacial score (nSPS) is 21.0. The number of hydrogen-bond donors (Lipinski definition) is 2. The zero-order valence-electron chi connectivity index (χ0n) is 14.0. The molecule has 2 unspecified atom stereocenters. The summed E-state index contributed by atoms with van der Waals surface area (Å²) >= 11 is 0. The number of nitrogens with one attached hydrogen (secondary N) is 2. The number of aliphatic imine (C=N–C) groups is 1. The van der Waals surface area contributed by atoms with E-state index in [4.69, 9.17) is 5.26 Å². The van der Waals surface area contributed by atoms with Crippen molar-refractivity contribution < 1.29 is 0 Å². The quantitative estimate of drug-likeness (QED) is 0.437. The van der Waals surface area contributed by atoms with Crippen LogP contribution >= 0.6 is 24.0 Å². The molecule has 1 aromatic carbocycles. The maximum absolute atomic E-state index is 8.95. The molecule has 0 heterocycles. The van der Waals surface area contributed by atoms with Gasteiger partial charge in [0.1, 0.15) is 0 Å². The van der Waals surface area contributed by atoms with Crippen LogP contribution in [0.2, 0.25) is 0 Å². The van der Waals surface area contributed by atoms with Crippen molar-refractivity contribution in [3.05, 3.63) is 35.4 Å². The van der Waals surface area contributed by atoms with Crippen molar-refractivity contribution >= 4 is 29.9 Å². The van der Waals surface area contributed by atoms with E-state index < -0.39 is 0 Å². The molecular weight excluding hydrogens is 399 g/mol. The molecule has 0 aromatic heterocycles. The first-order valence-corrected chi connectivity index (χ1v) is 8.25. The lowest BCUT2D eigenvalue weighted by Crippen LogP contribution is -2.45. The largest absolute Gasteiger partial charge is 0.357 e. The van der Waals surface area contributed by atoms with E-state index in [1.54, 1.807) is 0 Å². The van der Waals surface area contributed by atoms with Crippen LogP contribution < -0.4 is 10.6 Å². The van der Waals surface area contributed by atoms with Crippen LogP contribution in [0, 0.1) is 17.2 Å². The predicted octanol–water partition coefficient (Wildman–Crippen LogP) is 3.81. The first-order chi connectivity index (χ1) is 10.7. The molecule has 0 bridgehead atoms. The van der Waals surface area contributed by atoms with Gasteiger partial charge < -0.3 is 10.6 Å². The van der Waals surface area contributed by atoms with E-state index in [1.165, 1.54) is 25.7 Å². The lowest BCUT2D eigenvalue weighted by molar-refractivity contribution is 0.324. The van der Waals surface area contributed by atoms with Crippen molar-refractivity contribution in [3.63, 3.8) is 0 Å². The molecule has 0 amide bonds. The summed E-state index contributed by atoms with van der Waals surface area (Å²) in [7, 11) is 0. The van der Waals surface area contributed by atoms with Gasteiger partial charge in [0.25, 0.3) is 0 Å². The van der Waals surface area contributed by atoms with Gasteiger partial charge in [-0.05, 0) is 43.4 Å². The SMILES string of the molecule is CCNC(=NCc1cccc(C#N)c1)NC1CCCC(C)C1.I. The number of hydrogen-bond acceptors (Lipinski definition) is 2. The van der Waals surface area contributed by atoms with E-state index in [1.807, 2.05) is 24.3 Å². The Hall–Kier alpha value is -1.29. The number of rotatable bonds is 4. The second-order valence-electron chi connectivity index (χ2n) is 6.12. The Morgan fingerprint density at radius 2 is 2.22 bits per heavy atom. The highest BCUT2D eigenvalue weighted by atomic mass is 127. The standard InChI is InChI=1S/C18H26N4.HI/c1-3-20-18(22-17-9-4-6-14(2)10-17)21-13-16-8-5-7-15(11-16)12-19;/h5,7-8,11,14,17H,3-4,6,9-10,13H2,1-2H3,(H2,20,21,22);1H. The Morgan fingerprint density at radius 1 is 1.39 bits per heavy atom. The minimum atomic E-state index is 0. The lowest BCUT2D eigenvalue weighted by atomic mass is 9.87. The number of nitrogens with zero attached hydrogens (tertiary/aromatic N) is 2. The molecule has 1 aliphatic carbocycles. The predicted molar refractivity (Wildman–Crippen MR) is 106 cm³/mol. The summed E-state index contributed by atoms with van der Waals surface area (Å²) in [4.78, 5) is 4.66. The summed E-state index contributed by atoms with van der Waals surface area (Å²) in [6.45, 7) is 5.85. The molecule has 2 N–H and O–H groups in total. The summed E-state index contributed by atoms with van der Waals surface area (Å²) < 4.78 is 0. The fourth-order valence-electron chi connectivity index (χ4n) is 2.99. The second kappa shape index (κ2) is 10.5. The summed E-state index contributed by atoms with van der Waals surface area (Å²) in [5.41, 5.74) is 1.75. The minimum Gasteiger partial charge on any atom is -0.357 e. The molecule has 2 atom stereocenters. The first kappa shape index (κ1) is 19.8. The van der Waals surface area contributed by atoms with Crippen molar-refractivity contribution in [2.24, 2.45) is 10.9 Å². The van der Waals surface area contributed by atoms with Gasteiger partial charge in [0, 0.05) is 12.6 Å². The number of halogens is 1. The Bertz CT molecular complexity index is 550. The molecular formula is C18H27IN4. The summed E-state index contributed by atoms with van der Waals surface area (Å²) in [6, 6.07) is 10.3. The molecule has 23 heavy (non-hydrogen) atoms. The van der Waals surface area contributed by atoms with E-state index in [9.17, 15) is 0 Å². The molecule has 0 radical (unpaired) electrons. The Balaban J connectivity index is 0.00000264.